The molecule has 212 valence electrons. The van der Waals surface area contributed by atoms with Crippen LogP contribution in [0.4, 0.5) is 17.1 Å². The number of hydrogen-bond acceptors (Lipinski definition) is 1. The van der Waals surface area contributed by atoms with Crippen molar-refractivity contribution in [2.24, 2.45) is 0 Å². The van der Waals surface area contributed by atoms with Gasteiger partial charge in [0.2, 0.25) is 0 Å². The minimum absolute atomic E-state index is 1.12. The molecule has 45 heavy (non-hydrogen) atoms. The summed E-state index contributed by atoms with van der Waals surface area (Å²) in [6.45, 7) is 0. The molecule has 0 bridgehead atoms. The Balaban J connectivity index is 1.08. The summed E-state index contributed by atoms with van der Waals surface area (Å²) in [6, 6.07) is 58.7. The molecule has 0 spiro atoms. The van der Waals surface area contributed by atoms with Crippen LogP contribution in [0.15, 0.2) is 170 Å². The van der Waals surface area contributed by atoms with E-state index in [4.69, 9.17) is 0 Å². The van der Waals surface area contributed by atoms with Crippen LogP contribution in [0.3, 0.4) is 0 Å². The third-order valence-corrected chi connectivity index (χ3v) is 8.96. The zero-order valence-corrected chi connectivity index (χ0v) is 24.6. The van der Waals surface area contributed by atoms with Gasteiger partial charge in [0.25, 0.3) is 0 Å². The second-order valence-electron chi connectivity index (χ2n) is 11.5. The first kappa shape index (κ1) is 25.4. The van der Waals surface area contributed by atoms with Gasteiger partial charge in [-0.15, -0.1) is 0 Å². The maximum absolute atomic E-state index is 3.68. The zero-order chi connectivity index (χ0) is 29.7. The molecule has 2 heterocycles. The Kier molecular flexibility index (Phi) is 5.82. The normalized spacial score (nSPS) is 11.6. The van der Waals surface area contributed by atoms with E-state index in [-0.39, 0.29) is 0 Å². The van der Waals surface area contributed by atoms with E-state index in [1.807, 2.05) is 0 Å². The zero-order valence-electron chi connectivity index (χ0n) is 24.6. The number of para-hydroxylation sites is 2. The lowest BCUT2D eigenvalue weighted by molar-refractivity contribution is 1.13. The molecule has 0 saturated carbocycles. The number of benzene rings is 7. The number of aromatic amines is 1. The summed E-state index contributed by atoms with van der Waals surface area (Å²) in [6.07, 6.45) is 2.17. The molecule has 0 atom stereocenters. The summed E-state index contributed by atoms with van der Waals surface area (Å²) in [7, 11) is 0. The Morgan fingerprint density at radius 1 is 0.444 bits per heavy atom. The van der Waals surface area contributed by atoms with Crippen LogP contribution < -0.4 is 4.90 Å². The van der Waals surface area contributed by atoms with Crippen LogP contribution in [0.25, 0.3) is 60.3 Å². The molecular weight excluding hydrogens is 546 g/mol. The van der Waals surface area contributed by atoms with Crippen LogP contribution in [-0.2, 0) is 0 Å². The van der Waals surface area contributed by atoms with Crippen molar-refractivity contribution in [3.05, 3.63) is 170 Å². The molecule has 2 aromatic heterocycles. The summed E-state index contributed by atoms with van der Waals surface area (Å²) in [5.41, 5.74) is 10.5. The van der Waals surface area contributed by atoms with Gasteiger partial charge < -0.3 is 14.5 Å². The molecule has 9 aromatic rings. The van der Waals surface area contributed by atoms with Crippen molar-refractivity contribution in [3.8, 4) is 16.8 Å². The second-order valence-corrected chi connectivity index (χ2v) is 11.5. The van der Waals surface area contributed by atoms with E-state index in [9.17, 15) is 0 Å². The minimum atomic E-state index is 1.12. The predicted octanol–water partition coefficient (Wildman–Crippen LogP) is 11.6. The van der Waals surface area contributed by atoms with Crippen molar-refractivity contribution in [3.63, 3.8) is 0 Å². The molecule has 0 fully saturated rings. The van der Waals surface area contributed by atoms with Crippen molar-refractivity contribution < 1.29 is 0 Å². The lowest BCUT2D eigenvalue weighted by Gasteiger charge is -2.27. The highest BCUT2D eigenvalue weighted by Gasteiger charge is 2.16. The fourth-order valence-corrected chi connectivity index (χ4v) is 6.78. The highest BCUT2D eigenvalue weighted by molar-refractivity contribution is 6.16. The van der Waals surface area contributed by atoms with Crippen molar-refractivity contribution >= 4 is 60.5 Å². The van der Waals surface area contributed by atoms with Gasteiger partial charge in [0.05, 0.1) is 16.7 Å². The average Bonchev–Trinajstić information content (AvgIpc) is 3.71. The van der Waals surface area contributed by atoms with E-state index in [0.717, 1.165) is 22.6 Å². The summed E-state index contributed by atoms with van der Waals surface area (Å²) in [5, 5.41) is 6.19. The molecule has 7 aromatic carbocycles. The SMILES string of the molecule is c1ccc(N(c2ccc(-c3ccc(-n4ccc5ccc6c7ccccc7[nH]c6c54)cc3)cc2)c2cccc3ccccc23)cc1. The number of hydrogen-bond donors (Lipinski definition) is 1. The van der Waals surface area contributed by atoms with Crippen molar-refractivity contribution in [1.82, 2.24) is 9.55 Å². The van der Waals surface area contributed by atoms with Gasteiger partial charge in [-0.2, -0.15) is 0 Å². The predicted molar refractivity (Wildman–Crippen MR) is 190 cm³/mol. The van der Waals surface area contributed by atoms with Gasteiger partial charge in [0, 0.05) is 50.3 Å². The number of aromatic nitrogens is 2. The fourth-order valence-electron chi connectivity index (χ4n) is 6.78. The summed E-state index contributed by atoms with van der Waals surface area (Å²) >= 11 is 0. The quantitative estimate of drug-likeness (QED) is 0.217. The Bertz CT molecular complexity index is 2460. The largest absolute Gasteiger partial charge is 0.353 e. The Morgan fingerprint density at radius 2 is 1.11 bits per heavy atom. The van der Waals surface area contributed by atoms with Gasteiger partial charge >= 0.3 is 0 Å². The number of nitrogens with zero attached hydrogens (tertiary/aromatic N) is 2. The second kappa shape index (κ2) is 10.3. The van der Waals surface area contributed by atoms with Gasteiger partial charge in [-0.3, -0.25) is 0 Å². The van der Waals surface area contributed by atoms with Crippen molar-refractivity contribution in [2.45, 2.75) is 0 Å². The van der Waals surface area contributed by atoms with Crippen molar-refractivity contribution in [1.29, 1.82) is 0 Å². The van der Waals surface area contributed by atoms with Crippen LogP contribution in [0.1, 0.15) is 0 Å². The minimum Gasteiger partial charge on any atom is -0.353 e. The lowest BCUT2D eigenvalue weighted by Crippen LogP contribution is -2.10. The molecule has 0 unspecified atom stereocenters. The Labute approximate surface area is 261 Å². The van der Waals surface area contributed by atoms with Crippen LogP contribution in [0.2, 0.25) is 0 Å². The lowest BCUT2D eigenvalue weighted by atomic mass is 10.0. The fraction of sp³-hybridized carbons (Fsp3) is 0. The molecule has 0 aliphatic rings. The molecule has 0 aliphatic heterocycles. The topological polar surface area (TPSA) is 24.0 Å². The van der Waals surface area contributed by atoms with Gasteiger partial charge in [-0.05, 0) is 71.1 Å². The number of rotatable bonds is 5. The molecule has 1 N–H and O–H groups in total. The molecule has 0 amide bonds. The Hall–Kier alpha value is -6.06. The first-order valence-electron chi connectivity index (χ1n) is 15.4. The first-order valence-corrected chi connectivity index (χ1v) is 15.4. The van der Waals surface area contributed by atoms with Gasteiger partial charge in [-0.1, -0.05) is 109 Å². The molecule has 3 nitrogen and oxygen atoms in total. The third kappa shape index (κ3) is 4.21. The van der Waals surface area contributed by atoms with E-state index < -0.39 is 0 Å². The number of fused-ring (bicyclic) bond motifs is 6. The number of anilines is 3. The maximum atomic E-state index is 3.68. The highest BCUT2D eigenvalue weighted by atomic mass is 15.1. The van der Waals surface area contributed by atoms with E-state index >= 15 is 0 Å². The number of nitrogens with one attached hydrogen (secondary N) is 1. The van der Waals surface area contributed by atoms with Crippen LogP contribution in [0, 0.1) is 0 Å². The first-order chi connectivity index (χ1) is 22.3. The van der Waals surface area contributed by atoms with Crippen molar-refractivity contribution in [2.75, 3.05) is 4.90 Å². The standard InChI is InChI=1S/C42H29N3/c1-2-11-34(12-3-1)45(40-16-8-10-31-9-4-5-13-36(31)40)35-24-19-30(20-25-35)29-17-22-33(23-18-29)44-28-27-32-21-26-38-37-14-6-7-15-39(37)43-41(38)42(32)44/h1-28,43H. The molecule has 9 rings (SSSR count). The van der Waals surface area contributed by atoms with E-state index in [2.05, 4.69) is 184 Å². The maximum Gasteiger partial charge on any atom is 0.0771 e. The summed E-state index contributed by atoms with van der Waals surface area (Å²) in [5.74, 6) is 0. The van der Waals surface area contributed by atoms with Crippen LogP contribution >= 0.6 is 0 Å². The molecule has 0 aliphatic carbocycles. The summed E-state index contributed by atoms with van der Waals surface area (Å²) < 4.78 is 2.29. The third-order valence-electron chi connectivity index (χ3n) is 8.96. The van der Waals surface area contributed by atoms with Gasteiger partial charge in [0.1, 0.15) is 0 Å². The smallest absolute Gasteiger partial charge is 0.0771 e. The van der Waals surface area contributed by atoms with Crippen LogP contribution in [-0.4, -0.2) is 9.55 Å². The van der Waals surface area contributed by atoms with Gasteiger partial charge in [-0.25, -0.2) is 0 Å². The van der Waals surface area contributed by atoms with Gasteiger partial charge in [0.15, 0.2) is 0 Å². The average molecular weight is 576 g/mol. The summed E-state index contributed by atoms with van der Waals surface area (Å²) in [4.78, 5) is 6.02. The highest BCUT2D eigenvalue weighted by Crippen LogP contribution is 2.39. The number of H-pyrrole nitrogens is 1. The Morgan fingerprint density at radius 3 is 1.93 bits per heavy atom. The molecular formula is C42H29N3. The molecule has 0 radical (unpaired) electrons. The van der Waals surface area contributed by atoms with E-state index in [1.54, 1.807) is 0 Å². The molecule has 3 heteroatoms. The van der Waals surface area contributed by atoms with Crippen LogP contribution in [0.5, 0.6) is 0 Å². The van der Waals surface area contributed by atoms with E-state index in [0.29, 0.717) is 0 Å². The van der Waals surface area contributed by atoms with E-state index in [1.165, 1.54) is 54.8 Å². The monoisotopic (exact) mass is 575 g/mol. The molecule has 0 saturated heterocycles.